The van der Waals surface area contributed by atoms with Gasteiger partial charge in [0, 0.05) is 32.3 Å². The number of carbonyl (C=O) groups excluding carboxylic acids is 2. The first-order chi connectivity index (χ1) is 14.0. The minimum atomic E-state index is -0.680. The molecular formula is C20H25N5O4. The van der Waals surface area contributed by atoms with Crippen molar-refractivity contribution >= 4 is 17.6 Å². The minimum Gasteiger partial charge on any atom is -0.332 e. The summed E-state index contributed by atoms with van der Waals surface area (Å²) in [6.45, 7) is 3.93. The number of likely N-dealkylation sites (tertiary alicyclic amines) is 1. The molecule has 9 heteroatoms. The van der Waals surface area contributed by atoms with E-state index < -0.39 is 11.0 Å². The van der Waals surface area contributed by atoms with Gasteiger partial charge < -0.3 is 15.1 Å². The molecule has 1 fully saturated rings. The maximum Gasteiger partial charge on any atom is 0.322 e. The lowest BCUT2D eigenvalue weighted by atomic mass is 9.95. The van der Waals surface area contributed by atoms with Crippen LogP contribution < -0.4 is 5.32 Å². The van der Waals surface area contributed by atoms with Crippen LogP contribution in [-0.2, 0) is 4.79 Å². The molecule has 1 N–H and O–H groups in total. The summed E-state index contributed by atoms with van der Waals surface area (Å²) < 4.78 is 0. The van der Waals surface area contributed by atoms with Crippen molar-refractivity contribution < 1.29 is 14.5 Å². The third kappa shape index (κ3) is 3.69. The Morgan fingerprint density at radius 2 is 1.93 bits per heavy atom. The highest BCUT2D eigenvalue weighted by Gasteiger charge is 2.43. The van der Waals surface area contributed by atoms with Gasteiger partial charge in [0.25, 0.3) is 11.6 Å². The fraction of sp³-hybridized carbons (Fsp3) is 0.500. The number of piperidine rings is 1. The third-order valence-corrected chi connectivity index (χ3v) is 5.98. The SMILES string of the molecule is CN1C(=O)N[C@H](c2cccc([N+](=O)[O-])c2)C2=C1CN(CCN1CCCCC1)C2=O. The van der Waals surface area contributed by atoms with Crippen LogP contribution in [0.15, 0.2) is 35.5 Å². The van der Waals surface area contributed by atoms with Crippen LogP contribution in [0, 0.1) is 10.1 Å². The number of hydrogen-bond acceptors (Lipinski definition) is 5. The number of non-ortho nitro benzene ring substituents is 1. The Balaban J connectivity index is 1.57. The molecule has 29 heavy (non-hydrogen) atoms. The molecule has 0 bridgehead atoms. The number of nitrogens with one attached hydrogen (secondary N) is 1. The van der Waals surface area contributed by atoms with Gasteiger partial charge in [0.2, 0.25) is 0 Å². The first kappa shape index (κ1) is 19.4. The van der Waals surface area contributed by atoms with Crippen molar-refractivity contribution in [1.82, 2.24) is 20.0 Å². The fourth-order valence-corrected chi connectivity index (χ4v) is 4.32. The standard InChI is InChI=1S/C20H25N5O4/c1-22-16-13-24(11-10-23-8-3-2-4-9-23)19(26)17(16)18(21-20(22)27)14-6-5-7-15(12-14)25(28)29/h5-7,12,18H,2-4,8-11,13H2,1H3,(H,21,27)/t18-/m1/s1. The molecular weight excluding hydrogens is 374 g/mol. The van der Waals surface area contributed by atoms with Gasteiger partial charge in [-0.25, -0.2) is 4.79 Å². The van der Waals surface area contributed by atoms with Gasteiger partial charge >= 0.3 is 6.03 Å². The number of urea groups is 1. The number of nitro benzene ring substituents is 1. The van der Waals surface area contributed by atoms with Crippen LogP contribution in [0.5, 0.6) is 0 Å². The van der Waals surface area contributed by atoms with Crippen LogP contribution >= 0.6 is 0 Å². The van der Waals surface area contributed by atoms with E-state index in [-0.39, 0.29) is 17.6 Å². The van der Waals surface area contributed by atoms with Crippen molar-refractivity contribution in [3.63, 3.8) is 0 Å². The van der Waals surface area contributed by atoms with Crippen molar-refractivity contribution in [3.8, 4) is 0 Å². The first-order valence-electron chi connectivity index (χ1n) is 9.99. The second-order valence-electron chi connectivity index (χ2n) is 7.78. The second kappa shape index (κ2) is 7.82. The second-order valence-corrected chi connectivity index (χ2v) is 7.78. The highest BCUT2D eigenvalue weighted by atomic mass is 16.6. The third-order valence-electron chi connectivity index (χ3n) is 5.98. The molecule has 3 aliphatic heterocycles. The number of carbonyl (C=O) groups is 2. The molecule has 0 saturated carbocycles. The lowest BCUT2D eigenvalue weighted by Gasteiger charge is -2.31. The van der Waals surface area contributed by atoms with Gasteiger partial charge in [-0.1, -0.05) is 18.6 Å². The molecule has 9 nitrogen and oxygen atoms in total. The van der Waals surface area contributed by atoms with Crippen LogP contribution in [0.3, 0.4) is 0 Å². The zero-order valence-electron chi connectivity index (χ0n) is 16.5. The largest absolute Gasteiger partial charge is 0.332 e. The summed E-state index contributed by atoms with van der Waals surface area (Å²) in [5.41, 5.74) is 1.66. The van der Waals surface area contributed by atoms with E-state index in [1.54, 1.807) is 24.1 Å². The van der Waals surface area contributed by atoms with E-state index in [4.69, 9.17) is 0 Å². The van der Waals surface area contributed by atoms with Gasteiger partial charge in [-0.15, -0.1) is 0 Å². The quantitative estimate of drug-likeness (QED) is 0.602. The van der Waals surface area contributed by atoms with Crippen molar-refractivity contribution in [2.24, 2.45) is 0 Å². The fourth-order valence-electron chi connectivity index (χ4n) is 4.32. The Kier molecular flexibility index (Phi) is 5.23. The molecule has 1 aromatic rings. The molecule has 0 spiro atoms. The van der Waals surface area contributed by atoms with Crippen molar-refractivity contribution in [2.45, 2.75) is 25.3 Å². The van der Waals surface area contributed by atoms with Crippen molar-refractivity contribution in [1.29, 1.82) is 0 Å². The number of nitro groups is 1. The van der Waals surface area contributed by atoms with Gasteiger partial charge in [0.1, 0.15) is 0 Å². The Hall–Kier alpha value is -2.94. The first-order valence-corrected chi connectivity index (χ1v) is 9.99. The van der Waals surface area contributed by atoms with Gasteiger partial charge in [0.05, 0.1) is 28.8 Å². The predicted octanol–water partition coefficient (Wildman–Crippen LogP) is 1.87. The monoisotopic (exact) mass is 399 g/mol. The lowest BCUT2D eigenvalue weighted by molar-refractivity contribution is -0.384. The minimum absolute atomic E-state index is 0.0646. The smallest absolute Gasteiger partial charge is 0.322 e. The van der Waals surface area contributed by atoms with E-state index in [1.807, 2.05) is 0 Å². The van der Waals surface area contributed by atoms with E-state index in [9.17, 15) is 19.7 Å². The molecule has 1 saturated heterocycles. The summed E-state index contributed by atoms with van der Waals surface area (Å²) in [7, 11) is 1.65. The molecule has 3 heterocycles. The highest BCUT2D eigenvalue weighted by molar-refractivity contribution is 6.01. The summed E-state index contributed by atoms with van der Waals surface area (Å²) in [6.07, 6.45) is 3.65. The molecule has 0 radical (unpaired) electrons. The summed E-state index contributed by atoms with van der Waals surface area (Å²) in [4.78, 5) is 42.0. The number of amides is 3. The molecule has 4 rings (SSSR count). The number of benzene rings is 1. The van der Waals surface area contributed by atoms with E-state index in [2.05, 4.69) is 10.2 Å². The van der Waals surface area contributed by atoms with Gasteiger partial charge in [0.15, 0.2) is 0 Å². The number of rotatable bonds is 5. The normalized spacial score (nSPS) is 22.7. The Bertz CT molecular complexity index is 877. The Labute approximate surface area is 169 Å². The average molecular weight is 399 g/mol. The van der Waals surface area contributed by atoms with Gasteiger partial charge in [-0.2, -0.15) is 0 Å². The zero-order valence-corrected chi connectivity index (χ0v) is 16.5. The molecule has 154 valence electrons. The molecule has 0 unspecified atom stereocenters. The highest BCUT2D eigenvalue weighted by Crippen LogP contribution is 2.36. The summed E-state index contributed by atoms with van der Waals surface area (Å²) in [6, 6.07) is 5.11. The topological polar surface area (TPSA) is 99.0 Å². The van der Waals surface area contributed by atoms with Gasteiger partial charge in [-0.05, 0) is 31.5 Å². The summed E-state index contributed by atoms with van der Waals surface area (Å²) in [5, 5.41) is 14.0. The maximum atomic E-state index is 13.2. The van der Waals surface area contributed by atoms with E-state index >= 15 is 0 Å². The zero-order chi connectivity index (χ0) is 20.5. The molecule has 0 aromatic heterocycles. The molecule has 0 aliphatic carbocycles. The van der Waals surface area contributed by atoms with Crippen molar-refractivity contribution in [3.05, 3.63) is 51.2 Å². The van der Waals surface area contributed by atoms with Crippen LogP contribution in [0.4, 0.5) is 10.5 Å². The van der Waals surface area contributed by atoms with E-state index in [0.717, 1.165) is 19.6 Å². The molecule has 3 aliphatic rings. The maximum absolute atomic E-state index is 13.2. The Morgan fingerprint density at radius 3 is 2.66 bits per heavy atom. The number of hydrogen-bond donors (Lipinski definition) is 1. The number of likely N-dealkylation sites (N-methyl/N-ethyl adjacent to an activating group) is 1. The predicted molar refractivity (Wildman–Crippen MR) is 106 cm³/mol. The number of nitrogens with zero attached hydrogens (tertiary/aromatic N) is 4. The average Bonchev–Trinajstić information content (AvgIpc) is 3.06. The van der Waals surface area contributed by atoms with E-state index in [0.29, 0.717) is 29.9 Å². The molecule has 3 amide bonds. The van der Waals surface area contributed by atoms with Crippen LogP contribution in [0.2, 0.25) is 0 Å². The Morgan fingerprint density at radius 1 is 1.17 bits per heavy atom. The molecule has 1 aromatic carbocycles. The summed E-state index contributed by atoms with van der Waals surface area (Å²) >= 11 is 0. The molecule has 1 atom stereocenters. The summed E-state index contributed by atoms with van der Waals surface area (Å²) in [5.74, 6) is -0.111. The van der Waals surface area contributed by atoms with E-state index in [1.165, 1.54) is 36.3 Å². The van der Waals surface area contributed by atoms with Gasteiger partial charge in [-0.3, -0.25) is 19.8 Å². The van der Waals surface area contributed by atoms with Crippen LogP contribution in [-0.4, -0.2) is 71.3 Å². The lowest BCUT2D eigenvalue weighted by Crippen LogP contribution is -2.45. The van der Waals surface area contributed by atoms with Crippen LogP contribution in [0.25, 0.3) is 0 Å². The van der Waals surface area contributed by atoms with Crippen molar-refractivity contribution in [2.75, 3.05) is 39.8 Å². The van der Waals surface area contributed by atoms with Crippen LogP contribution in [0.1, 0.15) is 30.9 Å².